The van der Waals surface area contributed by atoms with Crippen LogP contribution in [0.25, 0.3) is 0 Å². The number of aromatic amines is 1. The molecule has 1 aliphatic heterocycles. The Morgan fingerprint density at radius 3 is 2.81 bits per heavy atom. The van der Waals surface area contributed by atoms with Crippen LogP contribution < -0.4 is 20.8 Å². The van der Waals surface area contributed by atoms with E-state index >= 15 is 0 Å². The molecule has 0 amide bonds. The third-order valence-electron chi connectivity index (χ3n) is 4.15. The number of methoxy groups -OCH3 is 1. The van der Waals surface area contributed by atoms with Crippen molar-refractivity contribution in [3.8, 4) is 11.5 Å². The number of hydrogen-bond acceptors (Lipinski definition) is 6. The van der Waals surface area contributed by atoms with Crippen LogP contribution in [0.5, 0.6) is 11.5 Å². The SMILES string of the molecule is CCOC(=O)C1=C(N)Oc2cc(C)[nH]c(=O)c2[C@@H]1c1cccc(OC)c1. The van der Waals surface area contributed by atoms with E-state index in [4.69, 9.17) is 19.9 Å². The van der Waals surface area contributed by atoms with Crippen molar-refractivity contribution in [1.29, 1.82) is 0 Å². The molecule has 0 bridgehead atoms. The van der Waals surface area contributed by atoms with Crippen molar-refractivity contribution in [3.05, 3.63) is 69.0 Å². The van der Waals surface area contributed by atoms with Crippen molar-refractivity contribution < 1.29 is 19.0 Å². The molecule has 1 aromatic carbocycles. The van der Waals surface area contributed by atoms with Gasteiger partial charge in [0.1, 0.15) is 17.1 Å². The lowest BCUT2D eigenvalue weighted by Gasteiger charge is -2.28. The molecular weight excluding hydrogens is 336 g/mol. The highest BCUT2D eigenvalue weighted by Crippen LogP contribution is 2.41. The Bertz CT molecular complexity index is 945. The van der Waals surface area contributed by atoms with E-state index in [0.29, 0.717) is 28.3 Å². The first kappa shape index (κ1) is 17.6. The first-order valence-electron chi connectivity index (χ1n) is 8.18. The van der Waals surface area contributed by atoms with Gasteiger partial charge in [-0.2, -0.15) is 0 Å². The van der Waals surface area contributed by atoms with Crippen LogP contribution in [0.2, 0.25) is 0 Å². The van der Waals surface area contributed by atoms with Gasteiger partial charge < -0.3 is 24.9 Å². The molecule has 2 aromatic rings. The van der Waals surface area contributed by atoms with Crippen LogP contribution in [0, 0.1) is 6.92 Å². The molecule has 26 heavy (non-hydrogen) atoms. The van der Waals surface area contributed by atoms with Gasteiger partial charge in [0.2, 0.25) is 5.88 Å². The van der Waals surface area contributed by atoms with Crippen molar-refractivity contribution in [2.24, 2.45) is 5.73 Å². The standard InChI is InChI=1S/C19H20N2O5/c1-4-25-19(23)16-14(11-6-5-7-12(9-11)24-3)15-13(26-17(16)20)8-10(2)21-18(15)22/h5-9,14H,4,20H2,1-3H3,(H,21,22)/t14-/m0/s1. The van der Waals surface area contributed by atoms with Gasteiger partial charge >= 0.3 is 5.97 Å². The Balaban J connectivity index is 2.27. The van der Waals surface area contributed by atoms with Gasteiger partial charge in [-0.05, 0) is 31.5 Å². The lowest BCUT2D eigenvalue weighted by atomic mass is 9.83. The number of nitrogens with two attached hydrogens (primary N) is 1. The van der Waals surface area contributed by atoms with Crippen LogP contribution >= 0.6 is 0 Å². The Kier molecular flexibility index (Phi) is 4.71. The second-order valence-corrected chi connectivity index (χ2v) is 5.87. The number of pyridine rings is 1. The maximum absolute atomic E-state index is 12.7. The molecule has 3 rings (SSSR count). The summed E-state index contributed by atoms with van der Waals surface area (Å²) in [6.45, 7) is 3.62. The number of carbonyl (C=O) groups is 1. The molecule has 0 unspecified atom stereocenters. The second kappa shape index (κ2) is 6.95. The van der Waals surface area contributed by atoms with Crippen LogP contribution in [0.15, 0.2) is 46.6 Å². The summed E-state index contributed by atoms with van der Waals surface area (Å²) >= 11 is 0. The minimum absolute atomic E-state index is 0.0752. The molecule has 0 saturated carbocycles. The van der Waals surface area contributed by atoms with Crippen LogP contribution in [0.4, 0.5) is 0 Å². The van der Waals surface area contributed by atoms with E-state index in [-0.39, 0.29) is 23.6 Å². The number of benzene rings is 1. The number of aryl methyl sites for hydroxylation is 1. The third kappa shape index (κ3) is 3.03. The summed E-state index contributed by atoms with van der Waals surface area (Å²) in [7, 11) is 1.55. The lowest BCUT2D eigenvalue weighted by molar-refractivity contribution is -0.139. The molecule has 7 heteroatoms. The highest BCUT2D eigenvalue weighted by Gasteiger charge is 2.37. The number of rotatable bonds is 4. The number of ether oxygens (including phenoxy) is 3. The first-order valence-corrected chi connectivity index (χ1v) is 8.18. The summed E-state index contributed by atoms with van der Waals surface area (Å²) in [6.07, 6.45) is 0. The van der Waals surface area contributed by atoms with Gasteiger partial charge in [0.25, 0.3) is 5.56 Å². The fourth-order valence-corrected chi connectivity index (χ4v) is 3.07. The van der Waals surface area contributed by atoms with Crippen molar-refractivity contribution in [1.82, 2.24) is 4.98 Å². The molecule has 136 valence electrons. The summed E-state index contributed by atoms with van der Waals surface area (Å²) in [4.78, 5) is 28.0. The predicted octanol–water partition coefficient (Wildman–Crippen LogP) is 1.95. The average molecular weight is 356 g/mol. The summed E-state index contributed by atoms with van der Waals surface area (Å²) in [5, 5.41) is 0. The molecule has 0 fully saturated rings. The molecule has 1 aliphatic rings. The zero-order valence-corrected chi connectivity index (χ0v) is 14.8. The number of aromatic nitrogens is 1. The summed E-state index contributed by atoms with van der Waals surface area (Å²) in [5.41, 5.74) is 7.40. The predicted molar refractivity (Wildman–Crippen MR) is 95.1 cm³/mol. The molecular formula is C19H20N2O5. The van der Waals surface area contributed by atoms with Crippen molar-refractivity contribution in [3.63, 3.8) is 0 Å². The van der Waals surface area contributed by atoms with Gasteiger partial charge in [0.15, 0.2) is 0 Å². The second-order valence-electron chi connectivity index (χ2n) is 5.87. The van der Waals surface area contributed by atoms with E-state index in [0.717, 1.165) is 0 Å². The number of fused-ring (bicyclic) bond motifs is 1. The summed E-state index contributed by atoms with van der Waals surface area (Å²) in [6, 6.07) is 8.79. The monoisotopic (exact) mass is 356 g/mol. The quantitative estimate of drug-likeness (QED) is 0.812. The topological polar surface area (TPSA) is 104 Å². The molecule has 2 heterocycles. The summed E-state index contributed by atoms with van der Waals surface area (Å²) < 4.78 is 16.0. The number of hydrogen-bond donors (Lipinski definition) is 2. The number of esters is 1. The third-order valence-corrected chi connectivity index (χ3v) is 4.15. The van der Waals surface area contributed by atoms with Gasteiger partial charge in [0.05, 0.1) is 25.2 Å². The fourth-order valence-electron chi connectivity index (χ4n) is 3.07. The smallest absolute Gasteiger partial charge is 0.340 e. The van der Waals surface area contributed by atoms with Gasteiger partial charge in [-0.25, -0.2) is 4.79 Å². The Labute approximate surface area is 150 Å². The van der Waals surface area contributed by atoms with Crippen LogP contribution in [-0.2, 0) is 9.53 Å². The van der Waals surface area contributed by atoms with Crippen molar-refractivity contribution in [2.75, 3.05) is 13.7 Å². The molecule has 3 N–H and O–H groups in total. The number of carbonyl (C=O) groups excluding carboxylic acids is 1. The van der Waals surface area contributed by atoms with E-state index < -0.39 is 11.9 Å². The van der Waals surface area contributed by atoms with Gasteiger partial charge in [-0.3, -0.25) is 4.79 Å². The minimum atomic E-state index is -0.725. The molecule has 1 atom stereocenters. The van der Waals surface area contributed by atoms with E-state index in [1.54, 1.807) is 51.3 Å². The van der Waals surface area contributed by atoms with Crippen molar-refractivity contribution >= 4 is 5.97 Å². The average Bonchev–Trinajstić information content (AvgIpc) is 2.60. The highest BCUT2D eigenvalue weighted by atomic mass is 16.5. The molecule has 0 aliphatic carbocycles. The largest absolute Gasteiger partial charge is 0.497 e. The van der Waals surface area contributed by atoms with E-state index in [9.17, 15) is 9.59 Å². The number of H-pyrrole nitrogens is 1. The summed E-state index contributed by atoms with van der Waals surface area (Å²) in [5.74, 6) is -0.500. The fraction of sp³-hybridized carbons (Fsp3) is 0.263. The normalized spacial score (nSPS) is 15.9. The number of nitrogens with one attached hydrogen (secondary N) is 1. The van der Waals surface area contributed by atoms with E-state index in [1.165, 1.54) is 0 Å². The highest BCUT2D eigenvalue weighted by molar-refractivity contribution is 5.92. The lowest BCUT2D eigenvalue weighted by Crippen LogP contribution is -2.32. The van der Waals surface area contributed by atoms with Gasteiger partial charge in [0, 0.05) is 11.8 Å². The van der Waals surface area contributed by atoms with E-state index in [2.05, 4.69) is 4.98 Å². The Morgan fingerprint density at radius 1 is 1.35 bits per heavy atom. The van der Waals surface area contributed by atoms with Crippen molar-refractivity contribution in [2.45, 2.75) is 19.8 Å². The molecule has 0 spiro atoms. The van der Waals surface area contributed by atoms with Gasteiger partial charge in [-0.15, -0.1) is 0 Å². The van der Waals surface area contributed by atoms with Crippen LogP contribution in [-0.4, -0.2) is 24.7 Å². The zero-order valence-electron chi connectivity index (χ0n) is 14.8. The zero-order chi connectivity index (χ0) is 18.8. The van der Waals surface area contributed by atoms with Crippen LogP contribution in [0.3, 0.4) is 0 Å². The maximum Gasteiger partial charge on any atom is 0.340 e. The molecule has 0 saturated heterocycles. The molecule has 1 aromatic heterocycles. The first-order chi connectivity index (χ1) is 12.5. The Morgan fingerprint density at radius 2 is 2.12 bits per heavy atom. The minimum Gasteiger partial charge on any atom is -0.497 e. The van der Waals surface area contributed by atoms with E-state index in [1.807, 2.05) is 0 Å². The maximum atomic E-state index is 12.7. The molecule has 7 nitrogen and oxygen atoms in total. The molecule has 0 radical (unpaired) electrons. The van der Waals surface area contributed by atoms with Crippen LogP contribution in [0.1, 0.15) is 29.7 Å². The van der Waals surface area contributed by atoms with Gasteiger partial charge in [-0.1, -0.05) is 12.1 Å². The Hall–Kier alpha value is -3.22.